The Morgan fingerprint density at radius 3 is 2.81 bits per heavy atom. The maximum Gasteiger partial charge on any atom is 0.226 e. The van der Waals surface area contributed by atoms with Gasteiger partial charge in [-0.25, -0.2) is 0 Å². The van der Waals surface area contributed by atoms with Crippen LogP contribution in [0.15, 0.2) is 22.0 Å². The van der Waals surface area contributed by atoms with Crippen molar-refractivity contribution in [1.29, 1.82) is 0 Å². The normalized spacial score (nSPS) is 19.3. The van der Waals surface area contributed by atoms with Crippen LogP contribution in [0, 0.1) is 5.92 Å². The number of nitrogens with zero attached hydrogens (tertiary/aromatic N) is 3. The fourth-order valence-corrected chi connectivity index (χ4v) is 4.13. The van der Waals surface area contributed by atoms with Crippen LogP contribution < -0.4 is 0 Å². The van der Waals surface area contributed by atoms with Gasteiger partial charge in [-0.2, -0.15) is 4.98 Å². The molecule has 0 aromatic carbocycles. The van der Waals surface area contributed by atoms with E-state index in [1.807, 2.05) is 22.4 Å². The monoisotopic (exact) mass is 377 g/mol. The molecule has 2 aromatic heterocycles. The fraction of sp³-hybridized carbons (Fsp3) is 0.611. The van der Waals surface area contributed by atoms with Gasteiger partial charge >= 0.3 is 0 Å². The number of likely N-dealkylation sites (tertiary alicyclic amines) is 1. The Hall–Kier alpha value is -1.77. The summed E-state index contributed by atoms with van der Waals surface area (Å²) in [7, 11) is 0. The lowest BCUT2D eigenvalue weighted by molar-refractivity contribution is -0.136. The maximum atomic E-state index is 12.4. The Balaban J connectivity index is 1.19. The number of aromatic nitrogens is 2. The quantitative estimate of drug-likeness (QED) is 0.770. The van der Waals surface area contributed by atoms with Crippen molar-refractivity contribution in [1.82, 2.24) is 15.0 Å². The van der Waals surface area contributed by atoms with Gasteiger partial charge < -0.3 is 18.9 Å². The Kier molecular flexibility index (Phi) is 5.62. The van der Waals surface area contributed by atoms with E-state index in [4.69, 9.17) is 14.0 Å². The van der Waals surface area contributed by atoms with Crippen molar-refractivity contribution in [2.45, 2.75) is 38.4 Å². The molecule has 0 atom stereocenters. The van der Waals surface area contributed by atoms with Crippen molar-refractivity contribution in [3.8, 4) is 10.7 Å². The van der Waals surface area contributed by atoms with E-state index < -0.39 is 0 Å². The first kappa shape index (κ1) is 17.6. The van der Waals surface area contributed by atoms with Crippen LogP contribution in [0.2, 0.25) is 0 Å². The number of hydrogen-bond acceptors (Lipinski definition) is 7. The lowest BCUT2D eigenvalue weighted by Gasteiger charge is -2.33. The average Bonchev–Trinajstić information content (AvgIpc) is 3.43. The number of rotatable bonds is 6. The Morgan fingerprint density at radius 1 is 1.27 bits per heavy atom. The molecule has 0 N–H and O–H groups in total. The molecule has 140 valence electrons. The second-order valence-electron chi connectivity index (χ2n) is 6.67. The van der Waals surface area contributed by atoms with Gasteiger partial charge in [-0.15, -0.1) is 11.3 Å². The molecule has 2 aromatic rings. The van der Waals surface area contributed by atoms with Crippen molar-refractivity contribution in [2.24, 2.45) is 5.92 Å². The molecule has 0 bridgehead atoms. The number of hydrogen-bond donors (Lipinski definition) is 0. The lowest BCUT2D eigenvalue weighted by Crippen LogP contribution is -2.41. The molecule has 4 heterocycles. The molecule has 2 aliphatic heterocycles. The molecule has 8 heteroatoms. The van der Waals surface area contributed by atoms with E-state index in [2.05, 4.69) is 10.1 Å². The van der Waals surface area contributed by atoms with Crippen molar-refractivity contribution in [2.75, 3.05) is 26.3 Å². The van der Waals surface area contributed by atoms with E-state index in [9.17, 15) is 4.79 Å². The third-order valence-corrected chi connectivity index (χ3v) is 5.78. The van der Waals surface area contributed by atoms with E-state index in [1.54, 1.807) is 11.3 Å². The minimum atomic E-state index is -0.0673. The molecule has 1 amide bonds. The zero-order chi connectivity index (χ0) is 17.8. The molecule has 0 unspecified atom stereocenters. The number of amides is 1. The van der Waals surface area contributed by atoms with Crippen LogP contribution in [0.3, 0.4) is 0 Å². The highest BCUT2D eigenvalue weighted by atomic mass is 32.1. The van der Waals surface area contributed by atoms with Gasteiger partial charge in [0.15, 0.2) is 6.29 Å². The number of aryl methyl sites for hydroxylation is 1. The van der Waals surface area contributed by atoms with Crippen molar-refractivity contribution >= 4 is 17.2 Å². The van der Waals surface area contributed by atoms with E-state index in [-0.39, 0.29) is 12.2 Å². The Bertz CT molecular complexity index is 704. The van der Waals surface area contributed by atoms with Gasteiger partial charge in [0.25, 0.3) is 0 Å². The fourth-order valence-electron chi connectivity index (χ4n) is 3.48. The smallest absolute Gasteiger partial charge is 0.226 e. The van der Waals surface area contributed by atoms with Crippen LogP contribution in [0.5, 0.6) is 0 Å². The van der Waals surface area contributed by atoms with Crippen LogP contribution in [0.4, 0.5) is 0 Å². The van der Waals surface area contributed by atoms with Crippen molar-refractivity contribution in [3.05, 3.63) is 23.4 Å². The molecule has 0 aliphatic carbocycles. The summed E-state index contributed by atoms with van der Waals surface area (Å²) in [6.07, 6.45) is 3.69. The number of carbonyl (C=O) groups excluding carboxylic acids is 1. The largest absolute Gasteiger partial charge is 0.350 e. The summed E-state index contributed by atoms with van der Waals surface area (Å²) in [6, 6.07) is 3.93. The predicted octanol–water partition coefficient (Wildman–Crippen LogP) is 2.73. The van der Waals surface area contributed by atoms with Crippen LogP contribution in [0.25, 0.3) is 10.7 Å². The van der Waals surface area contributed by atoms with Crippen LogP contribution in [-0.2, 0) is 20.7 Å². The summed E-state index contributed by atoms with van der Waals surface area (Å²) < 4.78 is 16.4. The number of piperidine rings is 1. The number of thiophene rings is 1. The molecule has 7 nitrogen and oxygen atoms in total. The molecular weight excluding hydrogens is 354 g/mol. The standard InChI is InChI=1S/C18H23N3O4S/c22-16(21-8-6-13(7-9-21)18-23-10-11-24-18)5-1-4-15-19-17(20-25-15)14-3-2-12-26-14/h2-3,12-13,18H,1,4-11H2. The molecular formula is C18H23N3O4S. The molecule has 2 saturated heterocycles. The molecule has 2 aliphatic rings. The van der Waals surface area contributed by atoms with E-state index in [1.165, 1.54) is 0 Å². The average molecular weight is 377 g/mol. The van der Waals surface area contributed by atoms with Crippen molar-refractivity contribution < 1.29 is 18.8 Å². The topological polar surface area (TPSA) is 77.7 Å². The maximum absolute atomic E-state index is 12.4. The highest BCUT2D eigenvalue weighted by Gasteiger charge is 2.31. The van der Waals surface area contributed by atoms with Gasteiger partial charge in [0.2, 0.25) is 17.6 Å². The Labute approximate surface area is 156 Å². The second-order valence-corrected chi connectivity index (χ2v) is 7.62. The van der Waals surface area contributed by atoms with Gasteiger partial charge in [-0.3, -0.25) is 4.79 Å². The molecule has 0 spiro atoms. The first-order valence-corrected chi connectivity index (χ1v) is 10.0. The van der Waals surface area contributed by atoms with E-state index >= 15 is 0 Å². The minimum absolute atomic E-state index is 0.0673. The van der Waals surface area contributed by atoms with Gasteiger partial charge in [-0.05, 0) is 30.7 Å². The lowest BCUT2D eigenvalue weighted by atomic mass is 9.96. The zero-order valence-corrected chi connectivity index (χ0v) is 15.5. The van der Waals surface area contributed by atoms with Gasteiger partial charge in [0.1, 0.15) is 0 Å². The molecule has 4 rings (SSSR count). The first-order chi connectivity index (χ1) is 12.8. The highest BCUT2D eigenvalue weighted by Crippen LogP contribution is 2.26. The zero-order valence-electron chi connectivity index (χ0n) is 14.6. The summed E-state index contributed by atoms with van der Waals surface area (Å²) in [6.45, 7) is 2.95. The number of carbonyl (C=O) groups is 1. The van der Waals surface area contributed by atoms with Gasteiger partial charge in [0.05, 0.1) is 18.1 Å². The molecule has 0 radical (unpaired) electrons. The van der Waals surface area contributed by atoms with Crippen molar-refractivity contribution in [3.63, 3.8) is 0 Å². The van der Waals surface area contributed by atoms with E-state index in [0.717, 1.165) is 37.2 Å². The van der Waals surface area contributed by atoms with Gasteiger partial charge in [0, 0.05) is 31.8 Å². The second kappa shape index (κ2) is 8.28. The third-order valence-electron chi connectivity index (χ3n) is 4.92. The van der Waals surface area contributed by atoms with Gasteiger partial charge in [-0.1, -0.05) is 11.2 Å². The Morgan fingerprint density at radius 2 is 2.08 bits per heavy atom. The van der Waals surface area contributed by atoms with Crippen LogP contribution >= 0.6 is 11.3 Å². The van der Waals surface area contributed by atoms with Crippen LogP contribution in [-0.4, -0.2) is 53.5 Å². The summed E-state index contributed by atoms with van der Waals surface area (Å²) in [4.78, 5) is 19.8. The van der Waals surface area contributed by atoms with Crippen LogP contribution in [0.1, 0.15) is 31.6 Å². The summed E-state index contributed by atoms with van der Waals surface area (Å²) >= 11 is 1.58. The highest BCUT2D eigenvalue weighted by molar-refractivity contribution is 7.13. The SMILES string of the molecule is O=C(CCCc1nc(-c2cccs2)no1)N1CCC(C2OCCO2)CC1. The summed E-state index contributed by atoms with van der Waals surface area (Å²) in [5.74, 6) is 1.83. The predicted molar refractivity (Wildman–Crippen MR) is 95.5 cm³/mol. The molecule has 26 heavy (non-hydrogen) atoms. The molecule has 2 fully saturated rings. The number of ether oxygens (including phenoxy) is 2. The minimum Gasteiger partial charge on any atom is -0.350 e. The third kappa shape index (κ3) is 4.13. The summed E-state index contributed by atoms with van der Waals surface area (Å²) in [5.41, 5.74) is 0. The first-order valence-electron chi connectivity index (χ1n) is 9.17. The summed E-state index contributed by atoms with van der Waals surface area (Å²) in [5, 5.41) is 5.98. The van der Waals surface area contributed by atoms with E-state index in [0.29, 0.717) is 43.7 Å². The molecule has 0 saturated carbocycles.